The highest BCUT2D eigenvalue weighted by Gasteiger charge is 2.50. The quantitative estimate of drug-likeness (QED) is 0.858. The summed E-state index contributed by atoms with van der Waals surface area (Å²) < 4.78 is 12.0. The molecule has 1 amide bonds. The highest BCUT2D eigenvalue weighted by atomic mass is 16.5. The summed E-state index contributed by atoms with van der Waals surface area (Å²) >= 11 is 0. The summed E-state index contributed by atoms with van der Waals surface area (Å²) in [6.07, 6.45) is 6.83. The van der Waals surface area contributed by atoms with Gasteiger partial charge in [-0.25, -0.2) is 0 Å². The molecule has 0 N–H and O–H groups in total. The summed E-state index contributed by atoms with van der Waals surface area (Å²) in [7, 11) is 0. The summed E-state index contributed by atoms with van der Waals surface area (Å²) in [5.41, 5.74) is 1.25. The molecule has 2 aromatic rings. The minimum absolute atomic E-state index is 0.0111. The van der Waals surface area contributed by atoms with Crippen LogP contribution in [0.2, 0.25) is 0 Å². The molecule has 1 spiro atoms. The Bertz CT molecular complexity index is 742. The number of carbonyl (C=O) groups excluding carboxylic acids is 1. The Hall–Kier alpha value is -2.47. The molecule has 0 saturated carbocycles. The van der Waals surface area contributed by atoms with Crippen molar-refractivity contribution in [2.24, 2.45) is 0 Å². The fourth-order valence-electron chi connectivity index (χ4n) is 3.48. The molecule has 2 fully saturated rings. The third kappa shape index (κ3) is 3.35. The molecule has 2 aromatic heterocycles. The molecule has 1 unspecified atom stereocenters. The molecule has 4 rings (SSSR count). The summed E-state index contributed by atoms with van der Waals surface area (Å²) in [5, 5.41) is 0. The van der Waals surface area contributed by atoms with Crippen molar-refractivity contribution in [2.45, 2.75) is 31.5 Å². The number of carbonyl (C=O) groups is 1. The second-order valence-corrected chi connectivity index (χ2v) is 6.80. The summed E-state index contributed by atoms with van der Waals surface area (Å²) in [4.78, 5) is 22.6. The van der Waals surface area contributed by atoms with Gasteiger partial charge in [0, 0.05) is 30.9 Å². The van der Waals surface area contributed by atoms with Gasteiger partial charge in [0.05, 0.1) is 31.5 Å². The number of hydrogen-bond acceptors (Lipinski definition) is 5. The van der Waals surface area contributed by atoms with Crippen LogP contribution in [0.5, 0.6) is 5.75 Å². The topological polar surface area (TPSA) is 64.6 Å². The van der Waals surface area contributed by atoms with E-state index in [1.54, 1.807) is 18.6 Å². The first-order valence-electron chi connectivity index (χ1n) is 8.56. The first-order valence-corrected chi connectivity index (χ1v) is 8.56. The summed E-state index contributed by atoms with van der Waals surface area (Å²) in [6, 6.07) is 7.46. The monoisotopic (exact) mass is 339 g/mol. The SMILES string of the molecule is Cc1ccc(C(=O)N2CC3(CC(Oc4cccnc4)CCO3)C2)cn1. The van der Waals surface area contributed by atoms with Crippen LogP contribution in [0.25, 0.3) is 0 Å². The number of ether oxygens (including phenoxy) is 2. The molecule has 4 heterocycles. The molecule has 0 bridgehead atoms. The van der Waals surface area contributed by atoms with E-state index in [1.807, 2.05) is 36.1 Å². The van der Waals surface area contributed by atoms with Gasteiger partial charge in [0.15, 0.2) is 0 Å². The van der Waals surface area contributed by atoms with Crippen LogP contribution in [0.3, 0.4) is 0 Å². The predicted molar refractivity (Wildman–Crippen MR) is 91.4 cm³/mol. The average molecular weight is 339 g/mol. The van der Waals surface area contributed by atoms with Gasteiger partial charge in [0.1, 0.15) is 17.5 Å². The van der Waals surface area contributed by atoms with Crippen molar-refractivity contribution < 1.29 is 14.3 Å². The van der Waals surface area contributed by atoms with Crippen molar-refractivity contribution in [1.82, 2.24) is 14.9 Å². The zero-order valence-corrected chi connectivity index (χ0v) is 14.2. The van der Waals surface area contributed by atoms with Crippen molar-refractivity contribution >= 4 is 5.91 Å². The fourth-order valence-corrected chi connectivity index (χ4v) is 3.48. The van der Waals surface area contributed by atoms with Crippen LogP contribution in [0.1, 0.15) is 28.9 Å². The Morgan fingerprint density at radius 3 is 2.92 bits per heavy atom. The molecule has 0 aromatic carbocycles. The summed E-state index contributed by atoms with van der Waals surface area (Å²) in [5.74, 6) is 0.791. The maximum absolute atomic E-state index is 12.5. The molecule has 6 heteroatoms. The van der Waals surface area contributed by atoms with E-state index < -0.39 is 0 Å². The number of pyridine rings is 2. The number of aromatic nitrogens is 2. The molecule has 25 heavy (non-hydrogen) atoms. The molecule has 2 aliphatic heterocycles. The third-order valence-electron chi connectivity index (χ3n) is 4.79. The largest absolute Gasteiger partial charge is 0.489 e. The Kier molecular flexibility index (Phi) is 4.13. The van der Waals surface area contributed by atoms with Crippen molar-refractivity contribution in [3.63, 3.8) is 0 Å². The van der Waals surface area contributed by atoms with Crippen LogP contribution in [-0.4, -0.2) is 52.2 Å². The molecular formula is C19H21N3O3. The average Bonchev–Trinajstić information content (AvgIpc) is 2.61. The molecule has 2 aliphatic rings. The van der Waals surface area contributed by atoms with Crippen molar-refractivity contribution in [3.05, 3.63) is 54.1 Å². The molecular weight excluding hydrogens is 318 g/mol. The van der Waals surface area contributed by atoms with E-state index >= 15 is 0 Å². The Morgan fingerprint density at radius 1 is 1.32 bits per heavy atom. The number of hydrogen-bond donors (Lipinski definition) is 0. The van der Waals surface area contributed by atoms with Gasteiger partial charge in [0.25, 0.3) is 5.91 Å². The minimum atomic E-state index is -0.279. The Morgan fingerprint density at radius 2 is 2.20 bits per heavy atom. The number of rotatable bonds is 3. The van der Waals surface area contributed by atoms with Crippen LogP contribution in [0, 0.1) is 6.92 Å². The Balaban J connectivity index is 1.36. The van der Waals surface area contributed by atoms with Gasteiger partial charge in [-0.1, -0.05) is 0 Å². The first-order chi connectivity index (χ1) is 12.1. The lowest BCUT2D eigenvalue weighted by Gasteiger charge is -2.52. The van der Waals surface area contributed by atoms with Crippen LogP contribution >= 0.6 is 0 Å². The molecule has 0 radical (unpaired) electrons. The minimum Gasteiger partial charge on any atom is -0.489 e. The lowest BCUT2D eigenvalue weighted by molar-refractivity contribution is -0.173. The van der Waals surface area contributed by atoms with Gasteiger partial charge in [-0.05, 0) is 31.2 Å². The van der Waals surface area contributed by atoms with Gasteiger partial charge in [-0.3, -0.25) is 14.8 Å². The van der Waals surface area contributed by atoms with Gasteiger partial charge in [-0.15, -0.1) is 0 Å². The zero-order chi connectivity index (χ0) is 17.3. The smallest absolute Gasteiger partial charge is 0.255 e. The molecule has 6 nitrogen and oxygen atoms in total. The summed E-state index contributed by atoms with van der Waals surface area (Å²) in [6.45, 7) is 3.77. The van der Waals surface area contributed by atoms with Gasteiger partial charge in [0.2, 0.25) is 0 Å². The van der Waals surface area contributed by atoms with Gasteiger partial charge < -0.3 is 14.4 Å². The van der Waals surface area contributed by atoms with Crippen LogP contribution in [0.15, 0.2) is 42.9 Å². The van der Waals surface area contributed by atoms with E-state index in [4.69, 9.17) is 9.47 Å². The lowest BCUT2D eigenvalue weighted by Crippen LogP contribution is -2.67. The predicted octanol–water partition coefficient (Wildman–Crippen LogP) is 2.24. The molecule has 2 saturated heterocycles. The van der Waals surface area contributed by atoms with Crippen molar-refractivity contribution in [3.8, 4) is 5.75 Å². The number of aryl methyl sites for hydroxylation is 1. The lowest BCUT2D eigenvalue weighted by atomic mass is 9.84. The third-order valence-corrected chi connectivity index (χ3v) is 4.79. The van der Waals surface area contributed by atoms with Crippen LogP contribution in [0.4, 0.5) is 0 Å². The standard InChI is InChI=1S/C19H21N3O3/c1-14-4-5-15(10-21-14)18(23)22-12-19(13-22)9-16(6-8-24-19)25-17-3-2-7-20-11-17/h2-5,7,10-11,16H,6,8-9,12-13H2,1H3. The highest BCUT2D eigenvalue weighted by Crippen LogP contribution is 2.36. The molecule has 130 valence electrons. The van der Waals surface area contributed by atoms with Crippen molar-refractivity contribution in [2.75, 3.05) is 19.7 Å². The Labute approximate surface area is 146 Å². The van der Waals surface area contributed by atoms with Crippen LogP contribution in [-0.2, 0) is 4.74 Å². The van der Waals surface area contributed by atoms with Crippen molar-refractivity contribution in [1.29, 1.82) is 0 Å². The zero-order valence-electron chi connectivity index (χ0n) is 14.2. The normalized spacial score (nSPS) is 21.6. The maximum atomic E-state index is 12.5. The van der Waals surface area contributed by atoms with E-state index in [9.17, 15) is 4.79 Å². The van der Waals surface area contributed by atoms with E-state index in [0.717, 1.165) is 24.3 Å². The van der Waals surface area contributed by atoms with Gasteiger partial charge in [-0.2, -0.15) is 0 Å². The second-order valence-electron chi connectivity index (χ2n) is 6.80. The molecule has 0 aliphatic carbocycles. The first kappa shape index (κ1) is 16.0. The van der Waals surface area contributed by atoms with E-state index in [1.165, 1.54) is 0 Å². The highest BCUT2D eigenvalue weighted by molar-refractivity contribution is 5.94. The second kappa shape index (κ2) is 6.44. The number of nitrogens with zero attached hydrogens (tertiary/aromatic N) is 3. The van der Waals surface area contributed by atoms with E-state index in [2.05, 4.69) is 9.97 Å². The van der Waals surface area contributed by atoms with Gasteiger partial charge >= 0.3 is 0 Å². The molecule has 1 atom stereocenters. The van der Waals surface area contributed by atoms with E-state index in [-0.39, 0.29) is 17.6 Å². The maximum Gasteiger partial charge on any atom is 0.255 e. The van der Waals surface area contributed by atoms with Crippen LogP contribution < -0.4 is 4.74 Å². The number of likely N-dealkylation sites (tertiary alicyclic amines) is 1. The fraction of sp³-hybridized carbons (Fsp3) is 0.421. The van der Waals surface area contributed by atoms with E-state index in [0.29, 0.717) is 25.3 Å². The number of amides is 1.